The van der Waals surface area contributed by atoms with Gasteiger partial charge in [-0.05, 0) is 29.8 Å². The Morgan fingerprint density at radius 3 is 2.62 bits per heavy atom. The fourth-order valence-electron chi connectivity index (χ4n) is 1.81. The number of halogens is 1. The second-order valence-corrected chi connectivity index (χ2v) is 4.65. The first-order valence-electron chi connectivity index (χ1n) is 6.86. The quantitative estimate of drug-likeness (QED) is 0.766. The number of carbonyl (C=O) groups excluding carboxylic acids is 1. The lowest BCUT2D eigenvalue weighted by atomic mass is 10.2. The van der Waals surface area contributed by atoms with Gasteiger partial charge in [-0.1, -0.05) is 18.2 Å². The van der Waals surface area contributed by atoms with Crippen molar-refractivity contribution >= 4 is 5.91 Å². The van der Waals surface area contributed by atoms with Crippen molar-refractivity contribution in [3.05, 3.63) is 65.7 Å². The lowest BCUT2D eigenvalue weighted by Gasteiger charge is -2.06. The van der Waals surface area contributed by atoms with E-state index < -0.39 is 0 Å². The summed E-state index contributed by atoms with van der Waals surface area (Å²) in [6.45, 7) is 1.65. The minimum Gasteiger partial charge on any atom is -0.352 e. The molecular weight excluding hydrogens is 269 g/mol. The number of rotatable bonds is 7. The van der Waals surface area contributed by atoms with E-state index >= 15 is 0 Å². The van der Waals surface area contributed by atoms with Gasteiger partial charge in [-0.15, -0.1) is 0 Å². The summed E-state index contributed by atoms with van der Waals surface area (Å²) in [7, 11) is 0. The predicted octanol–water partition coefficient (Wildman–Crippen LogP) is 2.02. The number of aromatic nitrogens is 1. The summed E-state index contributed by atoms with van der Waals surface area (Å²) in [4.78, 5) is 15.8. The molecule has 1 heterocycles. The predicted molar refractivity (Wildman–Crippen MR) is 78.8 cm³/mol. The third kappa shape index (κ3) is 5.71. The van der Waals surface area contributed by atoms with Crippen molar-refractivity contribution in [1.29, 1.82) is 0 Å². The summed E-state index contributed by atoms with van der Waals surface area (Å²) in [5.41, 5.74) is 1.83. The van der Waals surface area contributed by atoms with Crippen LogP contribution in [0.15, 0.2) is 48.7 Å². The van der Waals surface area contributed by atoms with Gasteiger partial charge in [0.25, 0.3) is 0 Å². The number of pyridine rings is 1. The summed E-state index contributed by atoms with van der Waals surface area (Å²) >= 11 is 0. The molecule has 5 heteroatoms. The molecule has 0 aliphatic carbocycles. The molecule has 0 radical (unpaired) electrons. The maximum atomic E-state index is 12.7. The Labute approximate surface area is 123 Å². The molecule has 0 saturated carbocycles. The van der Waals surface area contributed by atoms with Crippen LogP contribution in [0, 0.1) is 5.82 Å². The van der Waals surface area contributed by atoms with Gasteiger partial charge in [-0.2, -0.15) is 0 Å². The number of nitrogens with zero attached hydrogens (tertiary/aromatic N) is 1. The molecule has 0 saturated heterocycles. The molecule has 1 aromatic heterocycles. The molecule has 2 rings (SSSR count). The van der Waals surface area contributed by atoms with E-state index in [1.165, 1.54) is 12.1 Å². The Morgan fingerprint density at radius 2 is 1.90 bits per heavy atom. The van der Waals surface area contributed by atoms with Crippen LogP contribution in [0.5, 0.6) is 0 Å². The number of nitrogens with one attached hydrogen (secondary N) is 2. The van der Waals surface area contributed by atoms with Gasteiger partial charge in [0.15, 0.2) is 0 Å². The lowest BCUT2D eigenvalue weighted by molar-refractivity contribution is -0.121. The van der Waals surface area contributed by atoms with Crippen molar-refractivity contribution in [2.45, 2.75) is 19.5 Å². The first kappa shape index (κ1) is 15.1. The third-order valence-electron chi connectivity index (χ3n) is 2.96. The fourth-order valence-corrected chi connectivity index (χ4v) is 1.81. The average molecular weight is 287 g/mol. The second kappa shape index (κ2) is 8.11. The number of hydrogen-bond acceptors (Lipinski definition) is 3. The SMILES string of the molecule is O=C(CCNCc1ccccn1)NCc1ccc(F)cc1. The van der Waals surface area contributed by atoms with Gasteiger partial charge < -0.3 is 10.6 Å². The van der Waals surface area contributed by atoms with Crippen LogP contribution in [0.4, 0.5) is 4.39 Å². The van der Waals surface area contributed by atoms with Gasteiger partial charge in [-0.3, -0.25) is 9.78 Å². The number of carbonyl (C=O) groups is 1. The maximum Gasteiger partial charge on any atom is 0.221 e. The van der Waals surface area contributed by atoms with Gasteiger partial charge >= 0.3 is 0 Å². The van der Waals surface area contributed by atoms with E-state index in [9.17, 15) is 9.18 Å². The largest absolute Gasteiger partial charge is 0.352 e. The zero-order chi connectivity index (χ0) is 14.9. The van der Waals surface area contributed by atoms with Crippen LogP contribution in [0.3, 0.4) is 0 Å². The van der Waals surface area contributed by atoms with E-state index in [4.69, 9.17) is 0 Å². The normalized spacial score (nSPS) is 10.3. The van der Waals surface area contributed by atoms with Crippen LogP contribution in [-0.4, -0.2) is 17.4 Å². The highest BCUT2D eigenvalue weighted by atomic mass is 19.1. The van der Waals surface area contributed by atoms with Crippen molar-refractivity contribution in [3.63, 3.8) is 0 Å². The zero-order valence-corrected chi connectivity index (χ0v) is 11.7. The Hall–Kier alpha value is -2.27. The Morgan fingerprint density at radius 1 is 1.10 bits per heavy atom. The van der Waals surface area contributed by atoms with Gasteiger partial charge in [0.1, 0.15) is 5.82 Å². The Kier molecular flexibility index (Phi) is 5.84. The smallest absolute Gasteiger partial charge is 0.221 e. The summed E-state index contributed by atoms with van der Waals surface area (Å²) < 4.78 is 12.7. The average Bonchev–Trinajstić information content (AvgIpc) is 2.52. The summed E-state index contributed by atoms with van der Waals surface area (Å²) in [5.74, 6) is -0.309. The standard InChI is InChI=1S/C16H18FN3O/c17-14-6-4-13(5-7-14)11-20-16(21)8-10-18-12-15-3-1-2-9-19-15/h1-7,9,18H,8,10-12H2,(H,20,21). The highest BCUT2D eigenvalue weighted by Crippen LogP contribution is 2.02. The molecule has 0 unspecified atom stereocenters. The summed E-state index contributed by atoms with van der Waals surface area (Å²) in [6, 6.07) is 11.8. The van der Waals surface area contributed by atoms with Crippen molar-refractivity contribution in [2.75, 3.05) is 6.54 Å². The minimum absolute atomic E-state index is 0.0344. The van der Waals surface area contributed by atoms with Crippen LogP contribution < -0.4 is 10.6 Å². The van der Waals surface area contributed by atoms with Crippen LogP contribution in [0.2, 0.25) is 0 Å². The van der Waals surface area contributed by atoms with Gasteiger partial charge in [0, 0.05) is 32.3 Å². The van der Waals surface area contributed by atoms with E-state index in [0.717, 1.165) is 11.3 Å². The molecule has 21 heavy (non-hydrogen) atoms. The molecule has 0 atom stereocenters. The molecule has 0 bridgehead atoms. The van der Waals surface area contributed by atoms with E-state index in [-0.39, 0.29) is 11.7 Å². The maximum absolute atomic E-state index is 12.7. The van der Waals surface area contributed by atoms with Gasteiger partial charge in [0.2, 0.25) is 5.91 Å². The van der Waals surface area contributed by atoms with Crippen molar-refractivity contribution < 1.29 is 9.18 Å². The van der Waals surface area contributed by atoms with Crippen LogP contribution in [-0.2, 0) is 17.9 Å². The topological polar surface area (TPSA) is 54.0 Å². The van der Waals surface area contributed by atoms with E-state index in [2.05, 4.69) is 15.6 Å². The Balaban J connectivity index is 1.60. The van der Waals surface area contributed by atoms with Crippen LogP contribution in [0.25, 0.3) is 0 Å². The Bertz CT molecular complexity index is 557. The second-order valence-electron chi connectivity index (χ2n) is 4.65. The number of amides is 1. The molecule has 0 aliphatic rings. The molecule has 2 aromatic rings. The van der Waals surface area contributed by atoms with Crippen molar-refractivity contribution in [1.82, 2.24) is 15.6 Å². The zero-order valence-electron chi connectivity index (χ0n) is 11.7. The molecule has 1 amide bonds. The van der Waals surface area contributed by atoms with E-state index in [0.29, 0.717) is 26.1 Å². The van der Waals surface area contributed by atoms with Crippen molar-refractivity contribution in [3.8, 4) is 0 Å². The molecule has 2 N–H and O–H groups in total. The number of hydrogen-bond donors (Lipinski definition) is 2. The highest BCUT2D eigenvalue weighted by molar-refractivity contribution is 5.76. The molecule has 0 fully saturated rings. The minimum atomic E-state index is -0.274. The molecule has 1 aromatic carbocycles. The summed E-state index contributed by atoms with van der Waals surface area (Å²) in [5, 5.41) is 5.97. The lowest BCUT2D eigenvalue weighted by Crippen LogP contribution is -2.27. The highest BCUT2D eigenvalue weighted by Gasteiger charge is 2.01. The van der Waals surface area contributed by atoms with E-state index in [1.54, 1.807) is 18.3 Å². The molecule has 0 spiro atoms. The van der Waals surface area contributed by atoms with Gasteiger partial charge in [0.05, 0.1) is 5.69 Å². The summed E-state index contributed by atoms with van der Waals surface area (Å²) in [6.07, 6.45) is 2.14. The first-order chi connectivity index (χ1) is 10.2. The fraction of sp³-hybridized carbons (Fsp3) is 0.250. The van der Waals surface area contributed by atoms with Crippen LogP contribution in [0.1, 0.15) is 17.7 Å². The number of benzene rings is 1. The molecule has 110 valence electrons. The monoisotopic (exact) mass is 287 g/mol. The molecular formula is C16H18FN3O. The van der Waals surface area contributed by atoms with Crippen LogP contribution >= 0.6 is 0 Å². The molecule has 0 aliphatic heterocycles. The van der Waals surface area contributed by atoms with Gasteiger partial charge in [-0.25, -0.2) is 4.39 Å². The first-order valence-corrected chi connectivity index (χ1v) is 6.86. The van der Waals surface area contributed by atoms with Crippen molar-refractivity contribution in [2.24, 2.45) is 0 Å². The molecule has 4 nitrogen and oxygen atoms in total. The third-order valence-corrected chi connectivity index (χ3v) is 2.96. The van der Waals surface area contributed by atoms with E-state index in [1.807, 2.05) is 18.2 Å².